The predicted octanol–water partition coefficient (Wildman–Crippen LogP) is 3.00. The Morgan fingerprint density at radius 3 is 2.88 bits per heavy atom. The molecule has 16 heavy (non-hydrogen) atoms. The molecule has 0 bridgehead atoms. The molecule has 2 rings (SSSR count). The van der Waals surface area contributed by atoms with Gasteiger partial charge in [-0.25, -0.2) is 0 Å². The van der Waals surface area contributed by atoms with Crippen molar-refractivity contribution in [3.05, 3.63) is 40.3 Å². The van der Waals surface area contributed by atoms with E-state index >= 15 is 0 Å². The lowest BCUT2D eigenvalue weighted by molar-refractivity contribution is 0.674. The lowest BCUT2D eigenvalue weighted by atomic mass is 10.3. The van der Waals surface area contributed by atoms with Crippen molar-refractivity contribution in [3.63, 3.8) is 0 Å². The van der Waals surface area contributed by atoms with Crippen LogP contribution in [-0.2, 0) is 19.0 Å². The highest BCUT2D eigenvalue weighted by molar-refractivity contribution is 7.47. The summed E-state index contributed by atoms with van der Waals surface area (Å²) < 4.78 is 5.21. The molecule has 0 saturated heterocycles. The van der Waals surface area contributed by atoms with Crippen molar-refractivity contribution in [3.8, 4) is 0 Å². The summed E-state index contributed by atoms with van der Waals surface area (Å²) in [6.07, 6.45) is 3.31. The molecular formula is C9H6Cl2N4S. The molecule has 2 heterocycles. The summed E-state index contributed by atoms with van der Waals surface area (Å²) >= 11 is 16.3. The van der Waals surface area contributed by atoms with E-state index in [9.17, 15) is 0 Å². The van der Waals surface area contributed by atoms with E-state index in [2.05, 4.69) is 26.9 Å². The standard InChI is InChI=1S/C9H6Cl2N4S/c10-6-3-7(11)8(12-4-6)5-15-2-1-9(13-15)14-16/h1-4H,5H2. The second-order valence-electron chi connectivity index (χ2n) is 3.04. The van der Waals surface area contributed by atoms with Crippen molar-refractivity contribution in [2.45, 2.75) is 6.54 Å². The molecule has 0 aliphatic carbocycles. The van der Waals surface area contributed by atoms with Gasteiger partial charge in [0.05, 0.1) is 22.3 Å². The topological polar surface area (TPSA) is 43.1 Å². The van der Waals surface area contributed by atoms with Gasteiger partial charge in [0.15, 0.2) is 5.82 Å². The molecule has 0 unspecified atom stereocenters. The molecule has 0 aromatic carbocycles. The quantitative estimate of drug-likeness (QED) is 0.863. The Kier molecular flexibility index (Phi) is 3.48. The number of nitrogens with zero attached hydrogens (tertiary/aromatic N) is 4. The minimum atomic E-state index is 0.459. The zero-order chi connectivity index (χ0) is 11.5. The van der Waals surface area contributed by atoms with Crippen LogP contribution in [0.2, 0.25) is 10.0 Å². The Hall–Kier alpha value is -1.04. The van der Waals surface area contributed by atoms with Gasteiger partial charge in [0.25, 0.3) is 0 Å². The van der Waals surface area contributed by atoms with E-state index < -0.39 is 0 Å². The largest absolute Gasteiger partial charge is 0.264 e. The van der Waals surface area contributed by atoms with Crippen molar-refractivity contribution in [2.24, 2.45) is 4.36 Å². The third-order valence-corrected chi connectivity index (χ3v) is 2.64. The van der Waals surface area contributed by atoms with Crippen LogP contribution in [0, 0.1) is 0 Å². The van der Waals surface area contributed by atoms with Gasteiger partial charge < -0.3 is 0 Å². The van der Waals surface area contributed by atoms with E-state index in [1.165, 1.54) is 0 Å². The molecule has 0 amide bonds. The van der Waals surface area contributed by atoms with E-state index in [0.29, 0.717) is 28.1 Å². The molecule has 0 atom stereocenters. The van der Waals surface area contributed by atoms with Gasteiger partial charge in [0.1, 0.15) is 0 Å². The fraction of sp³-hybridized carbons (Fsp3) is 0.111. The van der Waals surface area contributed by atoms with Crippen molar-refractivity contribution in [1.82, 2.24) is 14.8 Å². The molecule has 0 spiro atoms. The average Bonchev–Trinajstić information content (AvgIpc) is 2.70. The van der Waals surface area contributed by atoms with Gasteiger partial charge in [-0.1, -0.05) is 23.2 Å². The lowest BCUT2D eigenvalue weighted by Gasteiger charge is -2.03. The second-order valence-corrected chi connectivity index (χ2v) is 4.07. The average molecular weight is 273 g/mol. The summed E-state index contributed by atoms with van der Waals surface area (Å²) in [5.41, 5.74) is 0.699. The van der Waals surface area contributed by atoms with Crippen LogP contribution in [0.5, 0.6) is 0 Å². The fourth-order valence-electron chi connectivity index (χ4n) is 1.20. The first-order chi connectivity index (χ1) is 7.69. The molecule has 82 valence electrons. The molecule has 0 fully saturated rings. The van der Waals surface area contributed by atoms with Crippen LogP contribution in [0.15, 0.2) is 28.9 Å². The Labute approximate surface area is 107 Å². The highest BCUT2D eigenvalue weighted by Gasteiger charge is 2.05. The Morgan fingerprint density at radius 1 is 1.44 bits per heavy atom. The third-order valence-electron chi connectivity index (χ3n) is 1.92. The fourth-order valence-corrected chi connectivity index (χ4v) is 1.74. The molecule has 0 aliphatic heterocycles. The molecular weight excluding hydrogens is 267 g/mol. The van der Waals surface area contributed by atoms with E-state index in [1.54, 1.807) is 29.2 Å². The minimum Gasteiger partial charge on any atom is -0.264 e. The van der Waals surface area contributed by atoms with Crippen LogP contribution in [-0.4, -0.2) is 14.8 Å². The molecule has 0 N–H and O–H groups in total. The summed E-state index contributed by atoms with van der Waals surface area (Å²) in [6.45, 7) is 0.459. The van der Waals surface area contributed by atoms with Crippen LogP contribution in [0.3, 0.4) is 0 Å². The van der Waals surface area contributed by atoms with Crippen molar-refractivity contribution >= 4 is 41.4 Å². The zero-order valence-electron chi connectivity index (χ0n) is 7.97. The first-order valence-electron chi connectivity index (χ1n) is 4.36. The van der Waals surface area contributed by atoms with E-state index in [1.807, 2.05) is 0 Å². The highest BCUT2D eigenvalue weighted by atomic mass is 35.5. The predicted molar refractivity (Wildman–Crippen MR) is 65.0 cm³/mol. The molecule has 4 nitrogen and oxygen atoms in total. The minimum absolute atomic E-state index is 0.459. The monoisotopic (exact) mass is 272 g/mol. The summed E-state index contributed by atoms with van der Waals surface area (Å²) in [5.74, 6) is 0.500. The number of hydrogen-bond donors (Lipinski definition) is 0. The Balaban J connectivity index is 2.23. The number of rotatable bonds is 3. The SMILES string of the molecule is S=Nc1ccn(Cc2ncc(Cl)cc2Cl)n1. The Bertz CT molecular complexity index is 526. The van der Waals surface area contributed by atoms with Crippen molar-refractivity contribution in [2.75, 3.05) is 0 Å². The normalized spacial score (nSPS) is 10.4. The molecule has 2 aromatic rings. The first kappa shape index (κ1) is 11.4. The number of aromatic nitrogens is 3. The van der Waals surface area contributed by atoms with Crippen LogP contribution in [0.25, 0.3) is 0 Å². The van der Waals surface area contributed by atoms with Gasteiger partial charge in [0, 0.05) is 30.9 Å². The van der Waals surface area contributed by atoms with Crippen LogP contribution >= 0.6 is 23.2 Å². The zero-order valence-corrected chi connectivity index (χ0v) is 10.3. The maximum absolute atomic E-state index is 5.99. The van der Waals surface area contributed by atoms with E-state index in [4.69, 9.17) is 23.2 Å². The lowest BCUT2D eigenvalue weighted by Crippen LogP contribution is -2.02. The molecule has 0 radical (unpaired) electrons. The third kappa shape index (κ3) is 2.55. The summed E-state index contributed by atoms with van der Waals surface area (Å²) in [4.78, 5) is 4.13. The van der Waals surface area contributed by atoms with E-state index in [0.717, 1.165) is 0 Å². The number of pyridine rings is 1. The van der Waals surface area contributed by atoms with E-state index in [-0.39, 0.29) is 0 Å². The Morgan fingerprint density at radius 2 is 2.25 bits per heavy atom. The molecule has 0 aliphatic rings. The van der Waals surface area contributed by atoms with Gasteiger partial charge in [-0.3, -0.25) is 9.67 Å². The molecule has 2 aromatic heterocycles. The van der Waals surface area contributed by atoms with Crippen LogP contribution in [0.4, 0.5) is 5.82 Å². The second kappa shape index (κ2) is 4.86. The first-order valence-corrected chi connectivity index (χ1v) is 5.48. The van der Waals surface area contributed by atoms with Crippen LogP contribution < -0.4 is 0 Å². The van der Waals surface area contributed by atoms with Gasteiger partial charge in [0.2, 0.25) is 0 Å². The molecule has 0 saturated carbocycles. The number of hydrogen-bond acceptors (Lipinski definition) is 4. The van der Waals surface area contributed by atoms with Gasteiger partial charge in [-0.05, 0) is 6.07 Å². The van der Waals surface area contributed by atoms with Gasteiger partial charge in [-0.2, -0.15) is 9.46 Å². The van der Waals surface area contributed by atoms with Crippen LogP contribution in [0.1, 0.15) is 5.69 Å². The van der Waals surface area contributed by atoms with Crippen molar-refractivity contribution < 1.29 is 0 Å². The smallest absolute Gasteiger partial charge is 0.187 e. The maximum atomic E-state index is 5.99. The van der Waals surface area contributed by atoms with Gasteiger partial charge in [-0.15, -0.1) is 0 Å². The highest BCUT2D eigenvalue weighted by Crippen LogP contribution is 2.19. The van der Waals surface area contributed by atoms with Crippen molar-refractivity contribution in [1.29, 1.82) is 0 Å². The summed E-state index contributed by atoms with van der Waals surface area (Å²) in [5, 5.41) is 5.13. The maximum Gasteiger partial charge on any atom is 0.187 e. The van der Waals surface area contributed by atoms with Gasteiger partial charge >= 0.3 is 0 Å². The summed E-state index contributed by atoms with van der Waals surface area (Å²) in [7, 11) is 0. The molecule has 7 heteroatoms. The number of halogens is 2. The summed E-state index contributed by atoms with van der Waals surface area (Å²) in [6, 6.07) is 3.37.